The van der Waals surface area contributed by atoms with E-state index in [1.807, 2.05) is 25.2 Å². The van der Waals surface area contributed by atoms with Gasteiger partial charge in [-0.05, 0) is 62.9 Å². The number of hydrogen-bond donors (Lipinski definition) is 3. The number of rotatable bonds is 6. The Balaban J connectivity index is 1.80. The first-order valence-corrected chi connectivity index (χ1v) is 15.6. The number of nitriles is 1. The molecule has 0 aromatic carbocycles. The van der Waals surface area contributed by atoms with E-state index in [2.05, 4.69) is 10.6 Å². The summed E-state index contributed by atoms with van der Waals surface area (Å²) >= 11 is 0. The van der Waals surface area contributed by atoms with Crippen molar-refractivity contribution >= 4 is 33.7 Å². The third kappa shape index (κ3) is 7.38. The Kier molecular flexibility index (Phi) is 8.90. The lowest BCUT2D eigenvalue weighted by Gasteiger charge is -2.36. The molecule has 9 nitrogen and oxygen atoms in total. The quantitative estimate of drug-likeness (QED) is 0.448. The van der Waals surface area contributed by atoms with Gasteiger partial charge in [-0.3, -0.25) is 19.2 Å². The van der Waals surface area contributed by atoms with Crippen LogP contribution in [0.1, 0.15) is 66.7 Å². The Morgan fingerprint density at radius 1 is 1.18 bits per heavy atom. The molecule has 3 aliphatic rings. The fourth-order valence-electron chi connectivity index (χ4n) is 5.62. The minimum atomic E-state index is -5.16. The highest BCUT2D eigenvalue weighted by atomic mass is 32.3. The van der Waals surface area contributed by atoms with Crippen LogP contribution in [0, 0.1) is 22.7 Å². The van der Waals surface area contributed by atoms with E-state index in [0.717, 1.165) is 30.8 Å². The van der Waals surface area contributed by atoms with E-state index in [1.165, 1.54) is 4.90 Å². The zero-order valence-electron chi connectivity index (χ0n) is 23.2. The molecule has 0 aliphatic carbocycles. The van der Waals surface area contributed by atoms with Gasteiger partial charge < -0.3 is 20.9 Å². The Bertz CT molecular complexity index is 1030. The van der Waals surface area contributed by atoms with Crippen LogP contribution in [0.3, 0.4) is 0 Å². The first kappa shape index (κ1) is 31.0. The van der Waals surface area contributed by atoms with Crippen molar-refractivity contribution in [1.29, 1.82) is 5.26 Å². The topological polar surface area (TPSA) is 131 Å². The van der Waals surface area contributed by atoms with Gasteiger partial charge in [0.2, 0.25) is 17.7 Å². The molecule has 4 unspecified atom stereocenters. The van der Waals surface area contributed by atoms with E-state index in [9.17, 15) is 37.6 Å². The van der Waals surface area contributed by atoms with Crippen LogP contribution in [0.15, 0.2) is 0 Å². The van der Waals surface area contributed by atoms with Gasteiger partial charge in [-0.15, -0.1) is 0 Å². The van der Waals surface area contributed by atoms with E-state index in [-0.39, 0.29) is 23.7 Å². The summed E-state index contributed by atoms with van der Waals surface area (Å²) in [5, 5.41) is 17.2. The number of piperidine rings is 1. The molecule has 13 heteroatoms. The maximum atomic E-state index is 13.7. The number of carbonyl (C=O) groups excluding carboxylic acids is 4. The Morgan fingerprint density at radius 2 is 1.79 bits per heavy atom. The van der Waals surface area contributed by atoms with Gasteiger partial charge in [0.1, 0.15) is 18.1 Å². The van der Waals surface area contributed by atoms with Crippen LogP contribution in [0.25, 0.3) is 0 Å². The molecule has 0 aromatic heterocycles. The van der Waals surface area contributed by atoms with Gasteiger partial charge in [0.15, 0.2) is 0 Å². The van der Waals surface area contributed by atoms with Crippen LogP contribution in [-0.2, 0) is 19.2 Å². The molecule has 3 N–H and O–H groups in total. The minimum Gasteiger partial charge on any atom is -0.351 e. The summed E-state index contributed by atoms with van der Waals surface area (Å²) in [6.45, 7) is 8.49. The highest BCUT2D eigenvalue weighted by Gasteiger charge is 2.51. The monoisotopic (exact) mass is 575 g/mol. The number of amides is 4. The molecule has 0 bridgehead atoms. The van der Waals surface area contributed by atoms with Gasteiger partial charge in [-0.2, -0.15) is 18.4 Å². The van der Waals surface area contributed by atoms with Gasteiger partial charge in [0.25, 0.3) is 0 Å². The lowest BCUT2D eigenvalue weighted by molar-refractivity contribution is -0.176. The van der Waals surface area contributed by atoms with Crippen molar-refractivity contribution in [1.82, 2.24) is 20.9 Å². The number of carbonyl (C=O) groups is 4. The summed E-state index contributed by atoms with van der Waals surface area (Å²) in [6.07, 6.45) is -1.84. The number of alkyl halides is 3. The second-order valence-corrected chi connectivity index (χ2v) is 16.6. The molecule has 3 saturated heterocycles. The van der Waals surface area contributed by atoms with E-state index in [4.69, 9.17) is 0 Å². The minimum absolute atomic E-state index is 0.120. The second-order valence-electron chi connectivity index (χ2n) is 12.8. The number of hydrogen-bond acceptors (Lipinski definition) is 5. The van der Waals surface area contributed by atoms with Gasteiger partial charge in [0.05, 0.1) is 11.9 Å². The third-order valence-corrected chi connectivity index (χ3v) is 12.0. The molecule has 220 valence electrons. The maximum Gasteiger partial charge on any atom is 0.471 e. The SMILES string of the molecule is CC1(C)CCC(CC(C#N)NC(=O)C2CS3(CCCC3)CN2C(=O)C(NC(=O)C(F)(F)F)C(C)(C)C)C(=O)N1. The lowest BCUT2D eigenvalue weighted by Crippen LogP contribution is -2.60. The number of nitrogens with zero attached hydrogens (tertiary/aromatic N) is 2. The average molecular weight is 576 g/mol. The lowest BCUT2D eigenvalue weighted by atomic mass is 9.83. The molecule has 3 fully saturated rings. The van der Waals surface area contributed by atoms with Gasteiger partial charge in [0, 0.05) is 17.2 Å². The summed E-state index contributed by atoms with van der Waals surface area (Å²) < 4.78 is 39.2. The zero-order chi connectivity index (χ0) is 29.4. The van der Waals surface area contributed by atoms with Gasteiger partial charge in [-0.1, -0.05) is 20.8 Å². The summed E-state index contributed by atoms with van der Waals surface area (Å²) in [7, 11) is -1.38. The van der Waals surface area contributed by atoms with Crippen molar-refractivity contribution in [3.63, 3.8) is 0 Å². The molecule has 0 aromatic rings. The van der Waals surface area contributed by atoms with Crippen LogP contribution in [0.2, 0.25) is 0 Å². The summed E-state index contributed by atoms with van der Waals surface area (Å²) in [5.74, 6) is -1.74. The molecule has 3 aliphatic heterocycles. The second kappa shape index (κ2) is 11.2. The fourth-order valence-corrected chi connectivity index (χ4v) is 10.1. The van der Waals surface area contributed by atoms with Crippen molar-refractivity contribution in [3.05, 3.63) is 0 Å². The molecule has 4 amide bonds. The summed E-state index contributed by atoms with van der Waals surface area (Å²) in [6, 6.07) is -1.38. The Morgan fingerprint density at radius 3 is 2.31 bits per heavy atom. The van der Waals surface area contributed by atoms with Crippen molar-refractivity contribution in [2.24, 2.45) is 11.3 Å². The largest absolute Gasteiger partial charge is 0.471 e. The first-order valence-electron chi connectivity index (χ1n) is 13.3. The normalized spacial score (nSPS) is 26.7. The van der Waals surface area contributed by atoms with Crippen molar-refractivity contribution in [2.75, 3.05) is 23.1 Å². The van der Waals surface area contributed by atoms with Gasteiger partial charge >= 0.3 is 12.1 Å². The van der Waals surface area contributed by atoms with Crippen molar-refractivity contribution in [3.8, 4) is 6.07 Å². The van der Waals surface area contributed by atoms with Crippen LogP contribution >= 0.6 is 10.0 Å². The van der Waals surface area contributed by atoms with Crippen molar-refractivity contribution < 1.29 is 32.3 Å². The summed E-state index contributed by atoms with van der Waals surface area (Å²) in [4.78, 5) is 53.0. The molecule has 1 spiro atoms. The third-order valence-electron chi connectivity index (χ3n) is 7.88. The molecule has 39 heavy (non-hydrogen) atoms. The molecular formula is C26H40F3N5O4S. The standard InChI is InChI=1S/C26H40F3N5O4S/c1-24(2,3)19(32-23(38)26(27,28)29)22(37)34-15-39(10-6-7-11-39)14-18(34)21(36)31-17(13-30)12-16-8-9-25(4,5)33-20(16)35/h16-19H,6-12,14-15H2,1-5H3,(H,31,36)(H,32,38)(H,33,35). The van der Waals surface area contributed by atoms with Gasteiger partial charge in [-0.25, -0.2) is 10.0 Å². The molecule has 3 heterocycles. The fraction of sp³-hybridized carbons (Fsp3) is 0.808. The zero-order valence-corrected chi connectivity index (χ0v) is 24.1. The van der Waals surface area contributed by atoms with Crippen LogP contribution in [0.4, 0.5) is 13.2 Å². The van der Waals surface area contributed by atoms with E-state index in [0.29, 0.717) is 12.2 Å². The van der Waals surface area contributed by atoms with Crippen LogP contribution in [0.5, 0.6) is 0 Å². The Hall–Kier alpha value is -2.49. The van der Waals surface area contributed by atoms with Crippen LogP contribution < -0.4 is 16.0 Å². The smallest absolute Gasteiger partial charge is 0.351 e. The first-order chi connectivity index (χ1) is 17.9. The van der Waals surface area contributed by atoms with Crippen LogP contribution in [-0.4, -0.2) is 81.5 Å². The molecule has 3 rings (SSSR count). The Labute approximate surface area is 229 Å². The van der Waals surface area contributed by atoms with E-state index < -0.39 is 63.4 Å². The predicted molar refractivity (Wildman–Crippen MR) is 141 cm³/mol. The van der Waals surface area contributed by atoms with E-state index in [1.54, 1.807) is 20.8 Å². The predicted octanol–water partition coefficient (Wildman–Crippen LogP) is 2.55. The highest BCUT2D eigenvalue weighted by Crippen LogP contribution is 2.59. The van der Waals surface area contributed by atoms with Crippen molar-refractivity contribution in [2.45, 2.75) is 96.6 Å². The molecular weight excluding hydrogens is 535 g/mol. The highest BCUT2D eigenvalue weighted by molar-refractivity contribution is 8.34. The molecule has 0 saturated carbocycles. The maximum absolute atomic E-state index is 13.7. The number of nitrogens with one attached hydrogen (secondary N) is 3. The number of halogens is 3. The average Bonchev–Trinajstić information content (AvgIpc) is 3.43. The summed E-state index contributed by atoms with van der Waals surface area (Å²) in [5.41, 5.74) is -1.40. The molecule has 4 atom stereocenters. The van der Waals surface area contributed by atoms with E-state index >= 15 is 0 Å². The molecule has 0 radical (unpaired) electrons.